The molecule has 0 spiro atoms. The molecule has 0 aliphatic carbocycles. The van der Waals surface area contributed by atoms with Gasteiger partial charge in [-0.1, -0.05) is 13.3 Å². The second kappa shape index (κ2) is 6.96. The molecule has 0 radical (unpaired) electrons. The molecule has 0 aromatic carbocycles. The molecular formula is C5H11KO4S. The molecule has 1 atom stereocenters. The molecule has 0 aromatic heterocycles. The van der Waals surface area contributed by atoms with Crippen LogP contribution in [0.3, 0.4) is 0 Å². The molecule has 0 saturated carbocycles. The molecule has 11 heavy (non-hydrogen) atoms. The minimum absolute atomic E-state index is 0. The summed E-state index contributed by atoms with van der Waals surface area (Å²) in [6.45, 7) is 3.44. The van der Waals surface area contributed by atoms with E-state index in [9.17, 15) is 13.0 Å². The summed E-state index contributed by atoms with van der Waals surface area (Å²) in [5.41, 5.74) is 0. The Morgan fingerprint density at radius 2 is 2.00 bits per heavy atom. The summed E-state index contributed by atoms with van der Waals surface area (Å²) in [5, 5.41) is 0. The average molecular weight is 206 g/mol. The molecule has 0 aliphatic rings. The maximum absolute atomic E-state index is 9.94. The average Bonchev–Trinajstić information content (AvgIpc) is 1.59. The molecule has 0 fully saturated rings. The van der Waals surface area contributed by atoms with Gasteiger partial charge < -0.3 is 4.55 Å². The van der Waals surface area contributed by atoms with Gasteiger partial charge in [-0.3, -0.25) is 4.18 Å². The third kappa shape index (κ3) is 11.5. The summed E-state index contributed by atoms with van der Waals surface area (Å²) in [7, 11) is -4.50. The maximum Gasteiger partial charge on any atom is 1.00 e. The van der Waals surface area contributed by atoms with Crippen LogP contribution in [-0.4, -0.2) is 19.1 Å². The molecule has 62 valence electrons. The quantitative estimate of drug-likeness (QED) is 0.294. The van der Waals surface area contributed by atoms with Crippen molar-refractivity contribution in [2.45, 2.75) is 32.8 Å². The van der Waals surface area contributed by atoms with Crippen molar-refractivity contribution in [3.63, 3.8) is 0 Å². The monoisotopic (exact) mass is 206 g/mol. The molecular weight excluding hydrogens is 195 g/mol. The van der Waals surface area contributed by atoms with E-state index < -0.39 is 16.5 Å². The Bertz CT molecular complexity index is 177. The van der Waals surface area contributed by atoms with E-state index in [1.54, 1.807) is 6.92 Å². The molecule has 6 heteroatoms. The van der Waals surface area contributed by atoms with Crippen LogP contribution >= 0.6 is 0 Å². The molecule has 0 N–H and O–H groups in total. The van der Waals surface area contributed by atoms with Crippen LogP contribution in [0.4, 0.5) is 0 Å². The van der Waals surface area contributed by atoms with E-state index >= 15 is 0 Å². The van der Waals surface area contributed by atoms with Crippen molar-refractivity contribution in [1.29, 1.82) is 0 Å². The van der Waals surface area contributed by atoms with Crippen LogP contribution < -0.4 is 51.4 Å². The Labute approximate surface area is 110 Å². The first kappa shape index (κ1) is 15.0. The number of hydrogen-bond donors (Lipinski definition) is 0. The molecule has 0 aromatic rings. The van der Waals surface area contributed by atoms with Gasteiger partial charge in [0.25, 0.3) is 0 Å². The zero-order chi connectivity index (χ0) is 8.20. The van der Waals surface area contributed by atoms with Crippen molar-refractivity contribution in [1.82, 2.24) is 0 Å². The van der Waals surface area contributed by atoms with Gasteiger partial charge in [0, 0.05) is 0 Å². The third-order valence-electron chi connectivity index (χ3n) is 0.977. The van der Waals surface area contributed by atoms with Crippen molar-refractivity contribution >= 4 is 10.4 Å². The van der Waals surface area contributed by atoms with E-state index in [0.29, 0.717) is 6.42 Å². The molecule has 0 heterocycles. The van der Waals surface area contributed by atoms with Crippen molar-refractivity contribution in [3.8, 4) is 0 Å². The van der Waals surface area contributed by atoms with Crippen LogP contribution in [0.25, 0.3) is 0 Å². The molecule has 0 rings (SSSR count). The van der Waals surface area contributed by atoms with E-state index in [-0.39, 0.29) is 51.4 Å². The first-order valence-electron chi connectivity index (χ1n) is 3.10. The van der Waals surface area contributed by atoms with Crippen LogP contribution in [0.2, 0.25) is 0 Å². The van der Waals surface area contributed by atoms with Crippen LogP contribution in [0, 0.1) is 0 Å². The van der Waals surface area contributed by atoms with Gasteiger partial charge in [-0.2, -0.15) is 0 Å². The zero-order valence-electron chi connectivity index (χ0n) is 7.03. The number of hydrogen-bond acceptors (Lipinski definition) is 4. The van der Waals surface area contributed by atoms with Gasteiger partial charge in [0.2, 0.25) is 10.4 Å². The summed E-state index contributed by atoms with van der Waals surface area (Å²) in [4.78, 5) is 0. The fraction of sp³-hybridized carbons (Fsp3) is 1.00. The molecule has 0 aliphatic heterocycles. The minimum atomic E-state index is -4.50. The largest absolute Gasteiger partial charge is 1.00 e. The van der Waals surface area contributed by atoms with Crippen molar-refractivity contribution < 1.29 is 68.5 Å². The Hall–Kier alpha value is 1.51. The van der Waals surface area contributed by atoms with Gasteiger partial charge in [-0.25, -0.2) is 8.42 Å². The summed E-state index contributed by atoms with van der Waals surface area (Å²) in [6.07, 6.45) is 0.894. The van der Waals surface area contributed by atoms with Gasteiger partial charge in [-0.15, -0.1) is 0 Å². The van der Waals surface area contributed by atoms with E-state index in [1.807, 2.05) is 6.92 Å². The standard InChI is InChI=1S/C5H12O4S.K/c1-3-4-5(2)9-10(6,7)8;/h5H,3-4H2,1-2H3,(H,6,7,8);/q;+1/p-1. The van der Waals surface area contributed by atoms with Gasteiger partial charge in [-0.05, 0) is 13.3 Å². The summed E-state index contributed by atoms with van der Waals surface area (Å²) >= 11 is 0. The molecule has 0 saturated heterocycles. The SMILES string of the molecule is CCCC(C)OS(=O)(=O)[O-].[K+]. The second-order valence-corrected chi connectivity index (χ2v) is 3.11. The van der Waals surface area contributed by atoms with Crippen molar-refractivity contribution in [2.75, 3.05) is 0 Å². The van der Waals surface area contributed by atoms with Crippen molar-refractivity contribution in [2.24, 2.45) is 0 Å². The van der Waals surface area contributed by atoms with Crippen molar-refractivity contribution in [3.05, 3.63) is 0 Å². The van der Waals surface area contributed by atoms with Crippen LogP contribution in [0.15, 0.2) is 0 Å². The van der Waals surface area contributed by atoms with Crippen LogP contribution in [0.5, 0.6) is 0 Å². The first-order valence-corrected chi connectivity index (χ1v) is 4.43. The molecule has 1 unspecified atom stereocenters. The van der Waals surface area contributed by atoms with E-state index in [2.05, 4.69) is 4.18 Å². The summed E-state index contributed by atoms with van der Waals surface area (Å²) in [6, 6.07) is 0. The zero-order valence-corrected chi connectivity index (χ0v) is 11.0. The summed E-state index contributed by atoms with van der Waals surface area (Å²) < 4.78 is 33.9. The Morgan fingerprint density at radius 3 is 2.27 bits per heavy atom. The topological polar surface area (TPSA) is 66.4 Å². The van der Waals surface area contributed by atoms with Crippen LogP contribution in [0.1, 0.15) is 26.7 Å². The molecule has 0 amide bonds. The predicted molar refractivity (Wildman–Crippen MR) is 35.2 cm³/mol. The molecule has 0 bridgehead atoms. The van der Waals surface area contributed by atoms with Gasteiger partial charge in [0.1, 0.15) is 0 Å². The van der Waals surface area contributed by atoms with Gasteiger partial charge in [0.05, 0.1) is 6.10 Å². The van der Waals surface area contributed by atoms with Gasteiger partial charge >= 0.3 is 51.4 Å². The van der Waals surface area contributed by atoms with E-state index in [0.717, 1.165) is 6.42 Å². The van der Waals surface area contributed by atoms with Crippen LogP contribution in [-0.2, 0) is 14.6 Å². The molecule has 4 nitrogen and oxygen atoms in total. The fourth-order valence-electron chi connectivity index (χ4n) is 0.656. The Morgan fingerprint density at radius 1 is 1.55 bits per heavy atom. The normalized spacial score (nSPS) is 13.7. The second-order valence-electron chi connectivity index (χ2n) is 2.10. The number of rotatable bonds is 4. The smallest absolute Gasteiger partial charge is 0.726 e. The Kier molecular flexibility index (Phi) is 9.49. The fourth-order valence-corrected chi connectivity index (χ4v) is 1.15. The first-order chi connectivity index (χ1) is 4.45. The minimum Gasteiger partial charge on any atom is -0.726 e. The Balaban J connectivity index is 0. The summed E-state index contributed by atoms with van der Waals surface area (Å²) in [5.74, 6) is 0. The van der Waals surface area contributed by atoms with E-state index in [4.69, 9.17) is 0 Å². The third-order valence-corrected chi connectivity index (χ3v) is 1.54. The maximum atomic E-state index is 9.94. The van der Waals surface area contributed by atoms with E-state index in [1.165, 1.54) is 0 Å². The predicted octanol–water partition coefficient (Wildman–Crippen LogP) is -2.34. The van der Waals surface area contributed by atoms with Gasteiger partial charge in [0.15, 0.2) is 0 Å².